The van der Waals surface area contributed by atoms with Crippen LogP contribution in [0.2, 0.25) is 0 Å². The number of aliphatic hydroxyl groups is 1. The minimum atomic E-state index is -0.654. The largest absolute Gasteiger partial charge is 0.507 e. The van der Waals surface area contributed by atoms with Gasteiger partial charge in [-0.15, -0.1) is 11.3 Å². The van der Waals surface area contributed by atoms with Crippen molar-refractivity contribution in [2.24, 2.45) is 0 Å². The molecule has 9 heteroatoms. The van der Waals surface area contributed by atoms with Crippen LogP contribution >= 0.6 is 11.3 Å². The molecule has 1 amide bonds. The van der Waals surface area contributed by atoms with Crippen LogP contribution in [-0.2, 0) is 14.3 Å². The van der Waals surface area contributed by atoms with E-state index in [-0.39, 0.29) is 11.3 Å². The van der Waals surface area contributed by atoms with Gasteiger partial charge in [-0.05, 0) is 36.9 Å². The zero-order valence-corrected chi connectivity index (χ0v) is 20.4. The Morgan fingerprint density at radius 2 is 1.89 bits per heavy atom. The lowest BCUT2D eigenvalue weighted by Gasteiger charge is -2.28. The summed E-state index contributed by atoms with van der Waals surface area (Å²) < 4.78 is 7.12. The molecule has 1 atom stereocenters. The third-order valence-corrected chi connectivity index (χ3v) is 7.52. The lowest BCUT2D eigenvalue weighted by atomic mass is 10.00. The van der Waals surface area contributed by atoms with E-state index in [4.69, 9.17) is 4.74 Å². The SMILES string of the molecule is Cc1c(C(O)=C2C(=O)C(=O)N(CCCN3CCOCC3)[C@H]2c2cccs2)cnn1-c1ccccc1. The van der Waals surface area contributed by atoms with Crippen molar-refractivity contribution in [2.75, 3.05) is 39.4 Å². The maximum absolute atomic E-state index is 13.2. The number of morpholine rings is 1. The number of nitrogens with zero attached hydrogens (tertiary/aromatic N) is 4. The molecule has 182 valence electrons. The highest BCUT2D eigenvalue weighted by Crippen LogP contribution is 2.41. The minimum absolute atomic E-state index is 0.125. The van der Waals surface area contributed by atoms with Crippen molar-refractivity contribution in [3.05, 3.63) is 75.7 Å². The Labute approximate surface area is 208 Å². The number of likely N-dealkylation sites (tertiary alicyclic amines) is 1. The van der Waals surface area contributed by atoms with Gasteiger partial charge >= 0.3 is 0 Å². The van der Waals surface area contributed by atoms with Crippen LogP contribution in [0.5, 0.6) is 0 Å². The van der Waals surface area contributed by atoms with Crippen molar-refractivity contribution >= 4 is 28.8 Å². The van der Waals surface area contributed by atoms with E-state index in [0.717, 1.165) is 49.8 Å². The number of amides is 1. The van der Waals surface area contributed by atoms with Crippen LogP contribution in [-0.4, -0.2) is 75.8 Å². The van der Waals surface area contributed by atoms with Gasteiger partial charge in [0.15, 0.2) is 0 Å². The van der Waals surface area contributed by atoms with Crippen molar-refractivity contribution in [3.8, 4) is 5.69 Å². The number of rotatable bonds is 7. The zero-order chi connectivity index (χ0) is 24.4. The summed E-state index contributed by atoms with van der Waals surface area (Å²) >= 11 is 1.47. The second-order valence-electron chi connectivity index (χ2n) is 8.71. The molecule has 8 nitrogen and oxygen atoms in total. The molecule has 1 N–H and O–H groups in total. The highest BCUT2D eigenvalue weighted by atomic mass is 32.1. The average Bonchev–Trinajstić information content (AvgIpc) is 3.60. The first-order chi connectivity index (χ1) is 17.1. The van der Waals surface area contributed by atoms with Gasteiger partial charge in [-0.1, -0.05) is 24.3 Å². The number of Topliss-reactive ketones (excluding diaryl/α,β-unsaturated/α-hetero) is 1. The highest BCUT2D eigenvalue weighted by Gasteiger charge is 2.46. The molecule has 2 fully saturated rings. The van der Waals surface area contributed by atoms with Gasteiger partial charge in [0.05, 0.1) is 48.0 Å². The number of aromatic nitrogens is 2. The Morgan fingerprint density at radius 3 is 2.60 bits per heavy atom. The van der Waals surface area contributed by atoms with E-state index in [1.807, 2.05) is 54.8 Å². The van der Waals surface area contributed by atoms with Crippen molar-refractivity contribution in [1.82, 2.24) is 19.6 Å². The lowest BCUT2D eigenvalue weighted by molar-refractivity contribution is -0.140. The summed E-state index contributed by atoms with van der Waals surface area (Å²) in [5.74, 6) is -1.41. The van der Waals surface area contributed by atoms with E-state index in [0.29, 0.717) is 17.8 Å². The molecule has 4 heterocycles. The van der Waals surface area contributed by atoms with E-state index >= 15 is 0 Å². The molecule has 0 unspecified atom stereocenters. The molecule has 2 saturated heterocycles. The van der Waals surface area contributed by atoms with Crippen molar-refractivity contribution in [3.63, 3.8) is 0 Å². The molecule has 1 aromatic carbocycles. The number of ketones is 1. The molecule has 2 aliphatic rings. The lowest BCUT2D eigenvalue weighted by Crippen LogP contribution is -2.38. The fourth-order valence-electron chi connectivity index (χ4n) is 4.76. The molecular weight excluding hydrogens is 464 g/mol. The van der Waals surface area contributed by atoms with Gasteiger partial charge < -0.3 is 14.7 Å². The number of ether oxygens (including phenoxy) is 1. The molecule has 0 bridgehead atoms. The first-order valence-corrected chi connectivity index (χ1v) is 12.7. The quantitative estimate of drug-likeness (QED) is 0.309. The van der Waals surface area contributed by atoms with E-state index in [1.54, 1.807) is 15.8 Å². The summed E-state index contributed by atoms with van der Waals surface area (Å²) in [4.78, 5) is 31.1. The number of thiophene rings is 1. The second-order valence-corrected chi connectivity index (χ2v) is 9.69. The molecular formula is C26H28N4O4S. The number of para-hydroxylation sites is 1. The van der Waals surface area contributed by atoms with Gasteiger partial charge in [-0.25, -0.2) is 4.68 Å². The number of carbonyl (C=O) groups is 2. The Morgan fingerprint density at radius 1 is 1.11 bits per heavy atom. The highest BCUT2D eigenvalue weighted by molar-refractivity contribution is 7.10. The number of carbonyl (C=O) groups excluding carboxylic acids is 2. The van der Waals surface area contributed by atoms with Gasteiger partial charge in [-0.3, -0.25) is 14.5 Å². The van der Waals surface area contributed by atoms with E-state index in [1.165, 1.54) is 11.3 Å². The van der Waals surface area contributed by atoms with Crippen LogP contribution in [0.4, 0.5) is 0 Å². The fourth-order valence-corrected chi connectivity index (χ4v) is 5.60. The number of hydrogen-bond acceptors (Lipinski definition) is 7. The van der Waals surface area contributed by atoms with Gasteiger partial charge in [0.1, 0.15) is 5.76 Å². The third kappa shape index (κ3) is 4.54. The van der Waals surface area contributed by atoms with E-state index < -0.39 is 17.7 Å². The van der Waals surface area contributed by atoms with Gasteiger partial charge in [0, 0.05) is 31.1 Å². The third-order valence-electron chi connectivity index (χ3n) is 6.60. The predicted molar refractivity (Wildman–Crippen MR) is 134 cm³/mol. The van der Waals surface area contributed by atoms with Crippen LogP contribution in [0.3, 0.4) is 0 Å². The van der Waals surface area contributed by atoms with Crippen molar-refractivity contribution in [1.29, 1.82) is 0 Å². The standard InChI is InChI=1S/C26H28N4O4S/c1-18-20(17-27-30(18)19-7-3-2-4-8-19)24(31)22-23(21-9-5-16-35-21)29(26(33)25(22)32)11-6-10-28-12-14-34-15-13-28/h2-5,7-9,16-17,23,31H,6,10-15H2,1H3/t23-/m0/s1. The average molecular weight is 493 g/mol. The number of aliphatic hydroxyl groups excluding tert-OH is 1. The summed E-state index contributed by atoms with van der Waals surface area (Å²) in [5, 5.41) is 17.7. The molecule has 0 radical (unpaired) electrons. The van der Waals surface area contributed by atoms with Crippen LogP contribution in [0.25, 0.3) is 11.4 Å². The Kier molecular flexibility index (Phi) is 6.81. The van der Waals surface area contributed by atoms with Crippen LogP contribution in [0, 0.1) is 6.92 Å². The zero-order valence-electron chi connectivity index (χ0n) is 19.6. The Bertz CT molecular complexity index is 1230. The Balaban J connectivity index is 1.47. The number of benzene rings is 1. The summed E-state index contributed by atoms with van der Waals surface area (Å²) in [5.41, 5.74) is 2.11. The molecule has 0 saturated carbocycles. The minimum Gasteiger partial charge on any atom is -0.507 e. The van der Waals surface area contributed by atoms with Crippen molar-refractivity contribution in [2.45, 2.75) is 19.4 Å². The molecule has 0 spiro atoms. The molecule has 35 heavy (non-hydrogen) atoms. The predicted octanol–water partition coefficient (Wildman–Crippen LogP) is 3.39. The van der Waals surface area contributed by atoms with E-state index in [2.05, 4.69) is 10.00 Å². The summed E-state index contributed by atoms with van der Waals surface area (Å²) in [7, 11) is 0. The topological polar surface area (TPSA) is 87.9 Å². The first kappa shape index (κ1) is 23.5. The molecule has 5 rings (SSSR count). The van der Waals surface area contributed by atoms with Gasteiger partial charge in [0.25, 0.3) is 11.7 Å². The van der Waals surface area contributed by atoms with Gasteiger partial charge in [-0.2, -0.15) is 5.10 Å². The second kappa shape index (κ2) is 10.2. The van der Waals surface area contributed by atoms with Gasteiger partial charge in [0.2, 0.25) is 0 Å². The normalized spacial score (nSPS) is 20.6. The van der Waals surface area contributed by atoms with Crippen LogP contribution in [0.15, 0.2) is 59.6 Å². The van der Waals surface area contributed by atoms with Crippen LogP contribution < -0.4 is 0 Å². The maximum atomic E-state index is 13.2. The molecule has 3 aromatic rings. The van der Waals surface area contributed by atoms with E-state index in [9.17, 15) is 14.7 Å². The number of hydrogen-bond donors (Lipinski definition) is 1. The maximum Gasteiger partial charge on any atom is 0.295 e. The molecule has 2 aliphatic heterocycles. The molecule has 0 aliphatic carbocycles. The smallest absolute Gasteiger partial charge is 0.295 e. The van der Waals surface area contributed by atoms with Crippen LogP contribution in [0.1, 0.15) is 28.6 Å². The summed E-state index contributed by atoms with van der Waals surface area (Å²) in [6.45, 7) is 6.28. The monoisotopic (exact) mass is 492 g/mol. The first-order valence-electron chi connectivity index (χ1n) is 11.8. The summed E-state index contributed by atoms with van der Waals surface area (Å²) in [6.07, 6.45) is 2.29. The Hall–Kier alpha value is -3.27. The van der Waals surface area contributed by atoms with Crippen molar-refractivity contribution < 1.29 is 19.4 Å². The fraction of sp³-hybridized carbons (Fsp3) is 0.346. The summed E-state index contributed by atoms with van der Waals surface area (Å²) in [6, 6.07) is 12.8. The molecule has 2 aromatic heterocycles.